The van der Waals surface area contributed by atoms with Crippen LogP contribution in [0.2, 0.25) is 10.0 Å². The van der Waals surface area contributed by atoms with Crippen molar-refractivity contribution in [2.24, 2.45) is 0 Å². The van der Waals surface area contributed by atoms with Crippen LogP contribution in [0.25, 0.3) is 5.69 Å². The molecule has 0 bridgehead atoms. The molecule has 0 radical (unpaired) electrons. The van der Waals surface area contributed by atoms with Crippen molar-refractivity contribution in [1.82, 2.24) is 9.78 Å². The van der Waals surface area contributed by atoms with E-state index >= 15 is 0 Å². The molecule has 1 heterocycles. The van der Waals surface area contributed by atoms with Gasteiger partial charge in [-0.2, -0.15) is 0 Å². The average Bonchev–Trinajstić information content (AvgIpc) is 2.64. The van der Waals surface area contributed by atoms with Crippen molar-refractivity contribution in [3.63, 3.8) is 0 Å². The van der Waals surface area contributed by atoms with Crippen LogP contribution < -0.4 is 0 Å². The van der Waals surface area contributed by atoms with Crippen molar-refractivity contribution in [1.29, 1.82) is 0 Å². The summed E-state index contributed by atoms with van der Waals surface area (Å²) in [7, 11) is 0. The highest BCUT2D eigenvalue weighted by Crippen LogP contribution is 2.24. The van der Waals surface area contributed by atoms with Crippen molar-refractivity contribution < 1.29 is 0 Å². The van der Waals surface area contributed by atoms with E-state index in [-0.39, 0.29) is 0 Å². The standard InChI is InChI=1S/C11H10Cl2N2S/c1-2-7-5-11(16)15(14-7)8-3-4-9(12)10(13)6-8/h3-6,14H,2H2,1H3. The third-order valence-electron chi connectivity index (χ3n) is 2.32. The van der Waals surface area contributed by atoms with E-state index < -0.39 is 0 Å². The Labute approximate surface area is 109 Å². The molecule has 1 aromatic carbocycles. The summed E-state index contributed by atoms with van der Waals surface area (Å²) in [6, 6.07) is 7.36. The highest BCUT2D eigenvalue weighted by Gasteiger charge is 2.04. The maximum Gasteiger partial charge on any atom is 0.127 e. The lowest BCUT2D eigenvalue weighted by atomic mass is 10.3. The topological polar surface area (TPSA) is 20.7 Å². The number of H-pyrrole nitrogens is 1. The number of hydrogen-bond acceptors (Lipinski definition) is 1. The number of aryl methyl sites for hydroxylation is 1. The zero-order valence-corrected chi connectivity index (χ0v) is 11.0. The summed E-state index contributed by atoms with van der Waals surface area (Å²) in [6.07, 6.45) is 0.915. The molecule has 84 valence electrons. The van der Waals surface area contributed by atoms with Crippen molar-refractivity contribution in [3.05, 3.63) is 44.6 Å². The highest BCUT2D eigenvalue weighted by molar-refractivity contribution is 7.71. The van der Waals surface area contributed by atoms with E-state index in [1.54, 1.807) is 12.1 Å². The lowest BCUT2D eigenvalue weighted by molar-refractivity contribution is 0.833. The molecule has 1 N–H and O–H groups in total. The first kappa shape index (κ1) is 11.7. The molecule has 2 nitrogen and oxygen atoms in total. The van der Waals surface area contributed by atoms with Gasteiger partial charge >= 0.3 is 0 Å². The molecule has 0 fully saturated rings. The lowest BCUT2D eigenvalue weighted by Crippen LogP contribution is -1.97. The highest BCUT2D eigenvalue weighted by atomic mass is 35.5. The SMILES string of the molecule is CCc1cc(=S)n(-c2ccc(Cl)c(Cl)c2)[nH]1. The third kappa shape index (κ3) is 2.17. The first-order valence-electron chi connectivity index (χ1n) is 4.88. The first-order valence-corrected chi connectivity index (χ1v) is 6.04. The Morgan fingerprint density at radius 3 is 2.56 bits per heavy atom. The van der Waals surface area contributed by atoms with Crippen LogP contribution in [0.15, 0.2) is 24.3 Å². The van der Waals surface area contributed by atoms with E-state index in [2.05, 4.69) is 12.0 Å². The molecular weight excluding hydrogens is 263 g/mol. The summed E-state index contributed by atoms with van der Waals surface area (Å²) in [6.45, 7) is 2.07. The quantitative estimate of drug-likeness (QED) is 0.804. The Kier molecular flexibility index (Phi) is 3.38. The normalized spacial score (nSPS) is 10.7. The minimum absolute atomic E-state index is 0.522. The minimum atomic E-state index is 0.522. The number of rotatable bonds is 2. The van der Waals surface area contributed by atoms with E-state index in [1.807, 2.05) is 16.8 Å². The van der Waals surface area contributed by atoms with Crippen LogP contribution in [0.3, 0.4) is 0 Å². The minimum Gasteiger partial charge on any atom is -0.297 e. The van der Waals surface area contributed by atoms with Gasteiger partial charge in [-0.3, -0.25) is 5.10 Å². The second-order valence-electron chi connectivity index (χ2n) is 3.41. The summed E-state index contributed by atoms with van der Waals surface area (Å²) in [5, 5.41) is 4.27. The molecule has 0 amide bonds. The number of nitrogens with zero attached hydrogens (tertiary/aromatic N) is 1. The van der Waals surface area contributed by atoms with Gasteiger partial charge in [0.15, 0.2) is 0 Å². The molecular formula is C11H10Cl2N2S. The fraction of sp³-hybridized carbons (Fsp3) is 0.182. The molecule has 0 spiro atoms. The van der Waals surface area contributed by atoms with Gasteiger partial charge in [0.2, 0.25) is 0 Å². The van der Waals surface area contributed by atoms with Crippen LogP contribution in [0.5, 0.6) is 0 Å². The molecule has 0 aliphatic rings. The Bertz CT molecular complexity index is 572. The molecule has 1 aromatic heterocycles. The van der Waals surface area contributed by atoms with Gasteiger partial charge in [-0.05, 0) is 30.7 Å². The summed E-state index contributed by atoms with van der Waals surface area (Å²) >= 11 is 17.1. The fourth-order valence-electron chi connectivity index (χ4n) is 1.44. The van der Waals surface area contributed by atoms with Gasteiger partial charge in [0.1, 0.15) is 4.64 Å². The van der Waals surface area contributed by atoms with Crippen LogP contribution >= 0.6 is 35.4 Å². The summed E-state index contributed by atoms with van der Waals surface area (Å²) < 4.78 is 2.55. The Hall–Kier alpha value is -0.770. The van der Waals surface area contributed by atoms with Gasteiger partial charge in [-0.15, -0.1) is 0 Å². The molecule has 5 heteroatoms. The molecule has 0 saturated heterocycles. The zero-order valence-electron chi connectivity index (χ0n) is 8.63. The third-order valence-corrected chi connectivity index (χ3v) is 3.36. The number of hydrogen-bond donors (Lipinski definition) is 1. The number of aromatic amines is 1. The van der Waals surface area contributed by atoms with E-state index in [0.717, 1.165) is 22.4 Å². The van der Waals surface area contributed by atoms with Gasteiger partial charge in [-0.1, -0.05) is 42.3 Å². The maximum atomic E-state index is 5.96. The van der Waals surface area contributed by atoms with Crippen LogP contribution in [0.1, 0.15) is 12.6 Å². The first-order chi connectivity index (χ1) is 7.61. The largest absolute Gasteiger partial charge is 0.297 e. The Morgan fingerprint density at radius 1 is 1.25 bits per heavy atom. The molecule has 0 aliphatic heterocycles. The number of nitrogens with one attached hydrogen (secondary N) is 1. The smallest absolute Gasteiger partial charge is 0.127 e. The van der Waals surface area contributed by atoms with Gasteiger partial charge in [0, 0.05) is 5.69 Å². The van der Waals surface area contributed by atoms with Crippen LogP contribution in [-0.2, 0) is 6.42 Å². The van der Waals surface area contributed by atoms with Crippen LogP contribution in [-0.4, -0.2) is 9.78 Å². The summed E-state index contributed by atoms with van der Waals surface area (Å²) in [5.74, 6) is 0. The molecule has 2 aromatic rings. The maximum absolute atomic E-state index is 5.96. The van der Waals surface area contributed by atoms with Crippen molar-refractivity contribution >= 4 is 35.4 Å². The molecule has 16 heavy (non-hydrogen) atoms. The zero-order chi connectivity index (χ0) is 11.7. The molecule has 0 unspecified atom stereocenters. The monoisotopic (exact) mass is 272 g/mol. The predicted octanol–water partition coefficient (Wildman–Crippen LogP) is 4.40. The molecule has 0 saturated carbocycles. The fourth-order valence-corrected chi connectivity index (χ4v) is 2.03. The van der Waals surface area contributed by atoms with E-state index in [9.17, 15) is 0 Å². The second-order valence-corrected chi connectivity index (χ2v) is 4.64. The van der Waals surface area contributed by atoms with Gasteiger partial charge in [0.25, 0.3) is 0 Å². The molecule has 0 aliphatic carbocycles. The number of halogens is 2. The molecule has 0 atom stereocenters. The number of benzene rings is 1. The Morgan fingerprint density at radius 2 is 2.00 bits per heavy atom. The van der Waals surface area contributed by atoms with Crippen LogP contribution in [0, 0.1) is 4.64 Å². The van der Waals surface area contributed by atoms with Crippen molar-refractivity contribution in [3.8, 4) is 5.69 Å². The average molecular weight is 273 g/mol. The van der Waals surface area contributed by atoms with E-state index in [0.29, 0.717) is 10.0 Å². The van der Waals surface area contributed by atoms with Crippen LogP contribution in [0.4, 0.5) is 0 Å². The molecule has 2 rings (SSSR count). The van der Waals surface area contributed by atoms with E-state index in [1.165, 1.54) is 0 Å². The number of aromatic nitrogens is 2. The van der Waals surface area contributed by atoms with E-state index in [4.69, 9.17) is 35.4 Å². The summed E-state index contributed by atoms with van der Waals surface area (Å²) in [4.78, 5) is 0. The van der Waals surface area contributed by atoms with Gasteiger partial charge in [-0.25, -0.2) is 4.68 Å². The Balaban J connectivity index is 2.54. The van der Waals surface area contributed by atoms with Crippen molar-refractivity contribution in [2.75, 3.05) is 0 Å². The van der Waals surface area contributed by atoms with Gasteiger partial charge in [0.05, 0.1) is 15.7 Å². The van der Waals surface area contributed by atoms with Crippen molar-refractivity contribution in [2.45, 2.75) is 13.3 Å². The predicted molar refractivity (Wildman–Crippen MR) is 70.4 cm³/mol. The lowest BCUT2D eigenvalue weighted by Gasteiger charge is -2.04. The second kappa shape index (κ2) is 4.62. The van der Waals surface area contributed by atoms with Gasteiger partial charge < -0.3 is 0 Å². The summed E-state index contributed by atoms with van der Waals surface area (Å²) in [5.41, 5.74) is 1.98.